The largest absolute Gasteiger partial charge is 1.00 e. The van der Waals surface area contributed by atoms with Crippen molar-refractivity contribution in [1.82, 2.24) is 0 Å². The molecule has 3 heteroatoms. The number of rotatable bonds is 2. The number of ether oxygens (including phenoxy) is 1. The summed E-state index contributed by atoms with van der Waals surface area (Å²) in [5.41, 5.74) is 1.75. The van der Waals surface area contributed by atoms with Gasteiger partial charge in [0.15, 0.2) is 5.97 Å². The molecule has 0 saturated heterocycles. The predicted octanol–water partition coefficient (Wildman–Crippen LogP) is 1.90. The molecule has 1 atom stereocenters. The van der Waals surface area contributed by atoms with Crippen LogP contribution in [0.2, 0.25) is 0 Å². The summed E-state index contributed by atoms with van der Waals surface area (Å²) in [5, 5.41) is 0. The van der Waals surface area contributed by atoms with Crippen LogP contribution in [0.3, 0.4) is 0 Å². The molecule has 1 unspecified atom stereocenters. The minimum absolute atomic E-state index is 0. The summed E-state index contributed by atoms with van der Waals surface area (Å²) in [6, 6.07) is 9.95. The van der Waals surface area contributed by atoms with Crippen LogP contribution in [0.25, 0.3) is 0 Å². The van der Waals surface area contributed by atoms with Crippen molar-refractivity contribution in [2.45, 2.75) is 19.4 Å². The monoisotopic (exact) mass is 384 g/mol. The van der Waals surface area contributed by atoms with Crippen molar-refractivity contribution in [2.75, 3.05) is 0 Å². The van der Waals surface area contributed by atoms with Gasteiger partial charge in [0, 0.05) is 6.10 Å². The van der Waals surface area contributed by atoms with Gasteiger partial charge in [-0.25, -0.2) is 6.08 Å². The second kappa shape index (κ2) is 5.31. The number of hydrogen-bond acceptors (Lipinski definition) is 2. The Bertz CT molecular complexity index is 370. The van der Waals surface area contributed by atoms with Crippen molar-refractivity contribution in [3.8, 4) is 0 Å². The molecule has 0 radical (unpaired) electrons. The molecule has 0 N–H and O–H groups in total. The number of esters is 1. The summed E-state index contributed by atoms with van der Waals surface area (Å²) in [6.07, 6.45) is 3.51. The van der Waals surface area contributed by atoms with Crippen LogP contribution in [-0.4, -0.2) is 12.1 Å². The Morgan fingerprint density at radius 3 is 2.53 bits per heavy atom. The molecule has 1 aromatic carbocycles. The van der Waals surface area contributed by atoms with Crippen molar-refractivity contribution >= 4 is 5.97 Å². The van der Waals surface area contributed by atoms with E-state index >= 15 is 0 Å². The van der Waals surface area contributed by atoms with Crippen LogP contribution < -0.4 is 0 Å². The molecule has 1 aliphatic rings. The molecule has 1 aliphatic heterocycles. The van der Waals surface area contributed by atoms with Crippen LogP contribution in [0, 0.1) is 6.08 Å². The van der Waals surface area contributed by atoms with Gasteiger partial charge in [-0.1, -0.05) is 37.3 Å². The van der Waals surface area contributed by atoms with Crippen LogP contribution in [0.15, 0.2) is 35.9 Å². The SMILES string of the molecule is CC1=[C-]C(Cc2ccccc2)OC1=O.[Au+]. The average Bonchev–Trinajstić information content (AvgIpc) is 2.47. The van der Waals surface area contributed by atoms with E-state index in [0.717, 1.165) is 5.56 Å². The summed E-state index contributed by atoms with van der Waals surface area (Å²) in [6.45, 7) is 1.73. The maximum atomic E-state index is 11.1. The Labute approximate surface area is 105 Å². The van der Waals surface area contributed by atoms with E-state index in [1.54, 1.807) is 6.92 Å². The summed E-state index contributed by atoms with van der Waals surface area (Å²) in [4.78, 5) is 11.1. The first-order chi connectivity index (χ1) is 6.75. The third-order valence-electron chi connectivity index (χ3n) is 2.20. The summed E-state index contributed by atoms with van der Waals surface area (Å²) in [5.74, 6) is -0.245. The van der Waals surface area contributed by atoms with Crippen molar-refractivity contribution in [2.24, 2.45) is 0 Å². The second-order valence-corrected chi connectivity index (χ2v) is 3.35. The fourth-order valence-corrected chi connectivity index (χ4v) is 1.47. The molecule has 0 aromatic heterocycles. The number of hydrogen-bond donors (Lipinski definition) is 0. The van der Waals surface area contributed by atoms with E-state index in [4.69, 9.17) is 4.74 Å². The number of benzene rings is 1. The van der Waals surface area contributed by atoms with E-state index in [9.17, 15) is 4.79 Å². The number of carbonyl (C=O) groups is 1. The molecule has 82 valence electrons. The summed E-state index contributed by atoms with van der Waals surface area (Å²) >= 11 is 0. The zero-order valence-corrected chi connectivity index (χ0v) is 10.5. The maximum Gasteiger partial charge on any atom is 1.00 e. The van der Waals surface area contributed by atoms with E-state index in [1.807, 2.05) is 30.3 Å². The minimum Gasteiger partial charge on any atom is -0.557 e. The maximum absolute atomic E-state index is 11.1. The average molecular weight is 384 g/mol. The van der Waals surface area contributed by atoms with Gasteiger partial charge in [-0.05, 0) is 12.0 Å². The fourth-order valence-electron chi connectivity index (χ4n) is 1.47. The summed E-state index contributed by atoms with van der Waals surface area (Å²) in [7, 11) is 0. The normalized spacial score (nSPS) is 19.1. The molecule has 0 saturated carbocycles. The molecule has 2 nitrogen and oxygen atoms in total. The number of cyclic esters (lactones) is 1. The molecule has 15 heavy (non-hydrogen) atoms. The first-order valence-electron chi connectivity index (χ1n) is 4.61. The Hall–Kier alpha value is -0.830. The van der Waals surface area contributed by atoms with Crippen molar-refractivity contribution in [1.29, 1.82) is 0 Å². The molecular formula is C12H11AuO2. The van der Waals surface area contributed by atoms with E-state index in [0.29, 0.717) is 12.0 Å². The molecule has 0 amide bonds. The van der Waals surface area contributed by atoms with Crippen molar-refractivity contribution < 1.29 is 31.9 Å². The van der Waals surface area contributed by atoms with E-state index in [-0.39, 0.29) is 34.5 Å². The van der Waals surface area contributed by atoms with Crippen molar-refractivity contribution in [3.05, 3.63) is 47.5 Å². The van der Waals surface area contributed by atoms with Crippen LogP contribution in [0.5, 0.6) is 0 Å². The van der Waals surface area contributed by atoms with Crippen molar-refractivity contribution in [3.63, 3.8) is 0 Å². The zero-order chi connectivity index (χ0) is 9.97. The summed E-state index contributed by atoms with van der Waals surface area (Å²) < 4.78 is 5.09. The molecule has 1 aromatic rings. The van der Waals surface area contributed by atoms with Gasteiger partial charge in [-0.2, -0.15) is 0 Å². The predicted molar refractivity (Wildman–Crippen MR) is 52.5 cm³/mol. The smallest absolute Gasteiger partial charge is 0.557 e. The minimum atomic E-state index is -0.245. The Morgan fingerprint density at radius 1 is 1.33 bits per heavy atom. The quantitative estimate of drug-likeness (QED) is 0.443. The molecule has 0 fully saturated rings. The van der Waals surface area contributed by atoms with E-state index in [1.165, 1.54) is 0 Å². The topological polar surface area (TPSA) is 26.3 Å². The Morgan fingerprint density at radius 2 is 2.00 bits per heavy atom. The van der Waals surface area contributed by atoms with Gasteiger partial charge in [0.2, 0.25) is 0 Å². The van der Waals surface area contributed by atoms with Crippen LogP contribution in [0.1, 0.15) is 12.5 Å². The zero-order valence-electron chi connectivity index (χ0n) is 8.29. The first-order valence-corrected chi connectivity index (χ1v) is 4.61. The molecule has 2 rings (SSSR count). The van der Waals surface area contributed by atoms with Gasteiger partial charge in [0.05, 0.1) is 0 Å². The molecule has 0 spiro atoms. The Balaban J connectivity index is 0.00000112. The molecule has 0 aliphatic carbocycles. The fraction of sp³-hybridized carbons (Fsp3) is 0.250. The Kier molecular flexibility index (Phi) is 4.33. The number of carbonyl (C=O) groups excluding carboxylic acids is 1. The van der Waals surface area contributed by atoms with Crippen LogP contribution in [-0.2, 0) is 38.3 Å². The molecule has 0 bridgehead atoms. The van der Waals surface area contributed by atoms with Crippen LogP contribution in [0.4, 0.5) is 0 Å². The molecular weight excluding hydrogens is 373 g/mol. The van der Waals surface area contributed by atoms with Gasteiger partial charge in [0.25, 0.3) is 0 Å². The van der Waals surface area contributed by atoms with Crippen LogP contribution >= 0.6 is 0 Å². The van der Waals surface area contributed by atoms with Gasteiger partial charge in [0.1, 0.15) is 0 Å². The van der Waals surface area contributed by atoms with Gasteiger partial charge >= 0.3 is 22.4 Å². The van der Waals surface area contributed by atoms with Gasteiger partial charge in [-0.3, -0.25) is 0 Å². The van der Waals surface area contributed by atoms with E-state index in [2.05, 4.69) is 6.08 Å². The molecule has 1 heterocycles. The third kappa shape index (κ3) is 3.06. The first kappa shape index (κ1) is 12.2. The van der Waals surface area contributed by atoms with Gasteiger partial charge < -0.3 is 9.53 Å². The third-order valence-corrected chi connectivity index (χ3v) is 2.20. The van der Waals surface area contributed by atoms with E-state index < -0.39 is 0 Å². The standard InChI is InChI=1S/C12H11O2.Au/c1-9-7-11(14-12(9)13)8-10-5-3-2-4-6-10;/h2-6,11H,8H2,1H3;/q-1;+1. The van der Waals surface area contributed by atoms with Gasteiger partial charge in [-0.15, -0.1) is 5.57 Å². The second-order valence-electron chi connectivity index (χ2n) is 3.35.